The van der Waals surface area contributed by atoms with E-state index in [1.807, 2.05) is 18.2 Å². The Kier molecular flexibility index (Phi) is 8.38. The van der Waals surface area contributed by atoms with Gasteiger partial charge in [-0.1, -0.05) is 59.7 Å². The zero-order valence-corrected chi connectivity index (χ0v) is 22.4. The summed E-state index contributed by atoms with van der Waals surface area (Å²) in [6.45, 7) is 13.0. The molecular formula is C27H37N3O4S. The summed E-state index contributed by atoms with van der Waals surface area (Å²) >= 11 is 0. The number of nitrogens with one attached hydrogen (secondary N) is 1. The third kappa shape index (κ3) is 5.59. The monoisotopic (exact) mass is 499 g/mol. The largest absolute Gasteiger partial charge is 0.325 e. The van der Waals surface area contributed by atoms with Crippen molar-refractivity contribution in [2.45, 2.75) is 64.7 Å². The number of amides is 2. The molecule has 190 valence electrons. The minimum atomic E-state index is -3.57. The van der Waals surface area contributed by atoms with Crippen LogP contribution in [0.1, 0.15) is 70.9 Å². The summed E-state index contributed by atoms with van der Waals surface area (Å²) in [4.78, 5) is 27.8. The van der Waals surface area contributed by atoms with E-state index in [0.717, 1.165) is 16.8 Å². The molecule has 1 fully saturated rings. The molecule has 0 saturated carbocycles. The van der Waals surface area contributed by atoms with Crippen molar-refractivity contribution in [2.24, 2.45) is 5.92 Å². The second-order valence-corrected chi connectivity index (χ2v) is 11.5. The van der Waals surface area contributed by atoms with Crippen LogP contribution in [0.4, 0.5) is 11.4 Å². The first kappa shape index (κ1) is 26.9. The van der Waals surface area contributed by atoms with Gasteiger partial charge in [0.1, 0.15) is 0 Å². The maximum atomic E-state index is 13.2. The zero-order valence-electron chi connectivity index (χ0n) is 21.5. The Hall–Kier alpha value is -2.71. The molecule has 1 heterocycles. The quantitative estimate of drug-likeness (QED) is 0.529. The SMILES string of the molecule is CCN(CC)S(=O)(=O)c1ccc(N2CC(C(=O)Nc3c(C(C)C)cccc3C(C)C)CC2=O)cc1. The second-order valence-electron chi connectivity index (χ2n) is 9.60. The number of benzene rings is 2. The van der Waals surface area contributed by atoms with Crippen molar-refractivity contribution in [3.05, 3.63) is 53.6 Å². The van der Waals surface area contributed by atoms with Gasteiger partial charge in [0.2, 0.25) is 21.8 Å². The highest BCUT2D eigenvalue weighted by Gasteiger charge is 2.36. The lowest BCUT2D eigenvalue weighted by molar-refractivity contribution is -0.122. The number of hydrogen-bond donors (Lipinski definition) is 1. The van der Waals surface area contributed by atoms with Crippen molar-refractivity contribution in [3.63, 3.8) is 0 Å². The first-order valence-electron chi connectivity index (χ1n) is 12.3. The molecule has 1 N–H and O–H groups in total. The minimum Gasteiger partial charge on any atom is -0.325 e. The molecule has 0 spiro atoms. The van der Waals surface area contributed by atoms with Crippen LogP contribution in [0.3, 0.4) is 0 Å². The molecule has 35 heavy (non-hydrogen) atoms. The highest BCUT2D eigenvalue weighted by Crippen LogP contribution is 2.34. The van der Waals surface area contributed by atoms with Crippen LogP contribution in [0, 0.1) is 5.92 Å². The van der Waals surface area contributed by atoms with Crippen molar-refractivity contribution in [3.8, 4) is 0 Å². The van der Waals surface area contributed by atoms with Crippen LogP contribution < -0.4 is 10.2 Å². The highest BCUT2D eigenvalue weighted by atomic mass is 32.2. The molecular weight excluding hydrogens is 462 g/mol. The van der Waals surface area contributed by atoms with Crippen molar-refractivity contribution in [1.29, 1.82) is 0 Å². The number of carbonyl (C=O) groups is 2. The fourth-order valence-electron chi connectivity index (χ4n) is 4.56. The van der Waals surface area contributed by atoms with Gasteiger partial charge in [-0.25, -0.2) is 8.42 Å². The summed E-state index contributed by atoms with van der Waals surface area (Å²) in [7, 11) is -3.57. The van der Waals surface area contributed by atoms with Crippen molar-refractivity contribution in [2.75, 3.05) is 29.9 Å². The molecule has 8 heteroatoms. The van der Waals surface area contributed by atoms with E-state index in [-0.39, 0.29) is 41.5 Å². The Bertz CT molecular complexity index is 1140. The van der Waals surface area contributed by atoms with Gasteiger partial charge in [0.25, 0.3) is 0 Å². The lowest BCUT2D eigenvalue weighted by atomic mass is 9.92. The number of hydrogen-bond acceptors (Lipinski definition) is 4. The van der Waals surface area contributed by atoms with E-state index >= 15 is 0 Å². The Balaban J connectivity index is 1.79. The van der Waals surface area contributed by atoms with Gasteiger partial charge in [-0.15, -0.1) is 0 Å². The average molecular weight is 500 g/mol. The molecule has 1 aliphatic rings. The first-order valence-corrected chi connectivity index (χ1v) is 13.8. The maximum absolute atomic E-state index is 13.2. The molecule has 0 bridgehead atoms. The van der Waals surface area contributed by atoms with E-state index in [0.29, 0.717) is 18.8 Å². The van der Waals surface area contributed by atoms with Gasteiger partial charge in [-0.3, -0.25) is 9.59 Å². The molecule has 0 aliphatic carbocycles. The number of nitrogens with zero attached hydrogens (tertiary/aromatic N) is 2. The predicted octanol–water partition coefficient (Wildman–Crippen LogP) is 4.96. The summed E-state index contributed by atoms with van der Waals surface area (Å²) in [6.07, 6.45) is 0.117. The fourth-order valence-corrected chi connectivity index (χ4v) is 6.02. The van der Waals surface area contributed by atoms with Gasteiger partial charge in [-0.2, -0.15) is 4.31 Å². The van der Waals surface area contributed by atoms with Crippen molar-refractivity contribution < 1.29 is 18.0 Å². The molecule has 1 aliphatic heterocycles. The molecule has 1 atom stereocenters. The van der Waals surface area contributed by atoms with E-state index in [1.165, 1.54) is 16.4 Å². The van der Waals surface area contributed by atoms with Crippen LogP contribution in [-0.2, 0) is 19.6 Å². The van der Waals surface area contributed by atoms with Gasteiger partial charge in [-0.05, 0) is 47.2 Å². The topological polar surface area (TPSA) is 86.8 Å². The fraction of sp³-hybridized carbons (Fsp3) is 0.481. The van der Waals surface area contributed by atoms with Crippen LogP contribution in [0.15, 0.2) is 47.4 Å². The van der Waals surface area contributed by atoms with E-state index in [4.69, 9.17) is 0 Å². The molecule has 1 unspecified atom stereocenters. The zero-order chi connectivity index (χ0) is 25.9. The summed E-state index contributed by atoms with van der Waals surface area (Å²) < 4.78 is 26.9. The molecule has 7 nitrogen and oxygen atoms in total. The summed E-state index contributed by atoms with van der Waals surface area (Å²) in [6, 6.07) is 12.4. The average Bonchev–Trinajstić information content (AvgIpc) is 3.21. The van der Waals surface area contributed by atoms with Crippen LogP contribution >= 0.6 is 0 Å². The summed E-state index contributed by atoms with van der Waals surface area (Å²) in [5.74, 6) is -0.308. The van der Waals surface area contributed by atoms with Gasteiger partial charge >= 0.3 is 0 Å². The molecule has 2 amide bonds. The maximum Gasteiger partial charge on any atom is 0.243 e. The predicted molar refractivity (Wildman–Crippen MR) is 140 cm³/mol. The number of carbonyl (C=O) groups excluding carboxylic acids is 2. The lowest BCUT2D eigenvalue weighted by Crippen LogP contribution is -2.31. The third-order valence-corrected chi connectivity index (χ3v) is 8.67. The Labute approximate surface area is 209 Å². The van der Waals surface area contributed by atoms with E-state index in [2.05, 4.69) is 33.0 Å². The van der Waals surface area contributed by atoms with Gasteiger partial charge in [0.05, 0.1) is 10.8 Å². The molecule has 2 aromatic carbocycles. The number of anilines is 2. The third-order valence-electron chi connectivity index (χ3n) is 6.61. The number of rotatable bonds is 9. The van der Waals surface area contributed by atoms with Crippen LogP contribution in [-0.4, -0.2) is 44.2 Å². The van der Waals surface area contributed by atoms with Crippen LogP contribution in [0.5, 0.6) is 0 Å². The molecule has 0 radical (unpaired) electrons. The molecule has 0 aromatic heterocycles. The van der Waals surface area contributed by atoms with Crippen molar-refractivity contribution in [1.82, 2.24) is 4.31 Å². The standard InChI is InChI=1S/C27H37N3O4S/c1-7-29(8-2)35(33,34)22-14-12-21(13-15-22)30-17-20(16-25(30)31)27(32)28-26-23(18(3)4)10-9-11-24(26)19(5)6/h9-15,18-20H,7-8,16-17H2,1-6H3,(H,28,32). The Morgan fingerprint density at radius 1 is 1.00 bits per heavy atom. The van der Waals surface area contributed by atoms with E-state index in [9.17, 15) is 18.0 Å². The minimum absolute atomic E-state index is 0.117. The smallest absolute Gasteiger partial charge is 0.243 e. The van der Waals surface area contributed by atoms with E-state index < -0.39 is 15.9 Å². The van der Waals surface area contributed by atoms with Gasteiger partial charge in [0, 0.05) is 37.4 Å². The second kappa shape index (κ2) is 10.9. The number of para-hydroxylation sites is 1. The molecule has 2 aromatic rings. The van der Waals surface area contributed by atoms with Crippen LogP contribution in [0.25, 0.3) is 0 Å². The van der Waals surface area contributed by atoms with Gasteiger partial charge < -0.3 is 10.2 Å². The Morgan fingerprint density at radius 3 is 2.03 bits per heavy atom. The summed E-state index contributed by atoms with van der Waals surface area (Å²) in [5.41, 5.74) is 3.60. The van der Waals surface area contributed by atoms with Crippen LogP contribution in [0.2, 0.25) is 0 Å². The Morgan fingerprint density at radius 2 is 1.54 bits per heavy atom. The van der Waals surface area contributed by atoms with Crippen molar-refractivity contribution >= 4 is 33.2 Å². The highest BCUT2D eigenvalue weighted by molar-refractivity contribution is 7.89. The first-order chi connectivity index (χ1) is 16.5. The lowest BCUT2D eigenvalue weighted by Gasteiger charge is -2.22. The molecule has 3 rings (SSSR count). The normalized spacial score (nSPS) is 16.5. The van der Waals surface area contributed by atoms with E-state index in [1.54, 1.807) is 30.9 Å². The van der Waals surface area contributed by atoms with Gasteiger partial charge in [0.15, 0.2) is 0 Å². The molecule has 1 saturated heterocycles. The summed E-state index contributed by atoms with van der Waals surface area (Å²) in [5, 5.41) is 3.13. The number of sulfonamides is 1.